The highest BCUT2D eigenvalue weighted by molar-refractivity contribution is 7.94. The first-order valence-electron chi connectivity index (χ1n) is 5.59. The lowest BCUT2D eigenvalue weighted by Gasteiger charge is -2.15. The summed E-state index contributed by atoms with van der Waals surface area (Å²) >= 11 is 0. The highest BCUT2D eigenvalue weighted by Gasteiger charge is 2.06. The van der Waals surface area contributed by atoms with Crippen molar-refractivity contribution in [3.8, 4) is 0 Å². The number of hydrogen-bond donors (Lipinski definition) is 0. The maximum absolute atomic E-state index is 11.0. The standard InChI is InChI=1S/C11H21NO5S/c1-4-18(14,15)10-9-17-8-7-12(2)6-5-11(13)16-3/h4H,1,5-10H2,2-3H3. The summed E-state index contributed by atoms with van der Waals surface area (Å²) in [6.07, 6.45) is 0.331. The van der Waals surface area contributed by atoms with E-state index in [0.717, 1.165) is 5.41 Å². The van der Waals surface area contributed by atoms with Crippen LogP contribution in [-0.4, -0.2) is 65.5 Å². The number of nitrogens with zero attached hydrogens (tertiary/aromatic N) is 1. The first-order valence-corrected chi connectivity index (χ1v) is 7.31. The van der Waals surface area contributed by atoms with Crippen molar-refractivity contribution in [3.05, 3.63) is 12.0 Å². The SMILES string of the molecule is C=CS(=O)(=O)CCOCCN(C)CCC(=O)OC. The van der Waals surface area contributed by atoms with E-state index in [4.69, 9.17) is 4.74 Å². The molecular weight excluding hydrogens is 258 g/mol. The molecular formula is C11H21NO5S. The minimum absolute atomic E-state index is 0.0532. The minimum Gasteiger partial charge on any atom is -0.469 e. The van der Waals surface area contributed by atoms with Crippen molar-refractivity contribution in [1.82, 2.24) is 4.90 Å². The summed E-state index contributed by atoms with van der Waals surface area (Å²) in [6.45, 7) is 5.00. The quantitative estimate of drug-likeness (QED) is 0.416. The van der Waals surface area contributed by atoms with E-state index in [1.165, 1.54) is 7.11 Å². The van der Waals surface area contributed by atoms with Crippen LogP contribution < -0.4 is 0 Å². The molecule has 0 spiro atoms. The zero-order valence-electron chi connectivity index (χ0n) is 10.9. The van der Waals surface area contributed by atoms with Gasteiger partial charge in [-0.05, 0) is 7.05 Å². The highest BCUT2D eigenvalue weighted by Crippen LogP contribution is 1.93. The van der Waals surface area contributed by atoms with Gasteiger partial charge in [0.25, 0.3) is 0 Å². The summed E-state index contributed by atoms with van der Waals surface area (Å²) in [7, 11) is 0.0257. The molecule has 18 heavy (non-hydrogen) atoms. The molecule has 0 rings (SSSR count). The highest BCUT2D eigenvalue weighted by atomic mass is 32.2. The van der Waals surface area contributed by atoms with Crippen molar-refractivity contribution in [2.75, 3.05) is 46.2 Å². The number of likely N-dealkylation sites (N-methyl/N-ethyl adjacent to an activating group) is 1. The van der Waals surface area contributed by atoms with Gasteiger partial charge in [-0.1, -0.05) is 6.58 Å². The van der Waals surface area contributed by atoms with E-state index >= 15 is 0 Å². The molecule has 0 N–H and O–H groups in total. The third-order valence-electron chi connectivity index (χ3n) is 2.31. The van der Waals surface area contributed by atoms with Gasteiger partial charge in [-0.2, -0.15) is 0 Å². The zero-order chi connectivity index (χ0) is 14.0. The van der Waals surface area contributed by atoms with Gasteiger partial charge in [-0.25, -0.2) is 8.42 Å². The molecule has 0 aromatic heterocycles. The molecule has 0 atom stereocenters. The van der Waals surface area contributed by atoms with E-state index in [1.54, 1.807) is 0 Å². The van der Waals surface area contributed by atoms with Crippen molar-refractivity contribution < 1.29 is 22.7 Å². The van der Waals surface area contributed by atoms with E-state index in [-0.39, 0.29) is 18.3 Å². The lowest BCUT2D eigenvalue weighted by atomic mass is 10.4. The maximum Gasteiger partial charge on any atom is 0.306 e. The van der Waals surface area contributed by atoms with Crippen LogP contribution in [0.25, 0.3) is 0 Å². The molecule has 0 amide bonds. The number of esters is 1. The Morgan fingerprint density at radius 2 is 2.00 bits per heavy atom. The molecule has 0 aromatic carbocycles. The van der Waals surface area contributed by atoms with Gasteiger partial charge in [-0.15, -0.1) is 0 Å². The molecule has 0 fully saturated rings. The second-order valence-electron chi connectivity index (χ2n) is 3.78. The molecule has 0 unspecified atom stereocenters. The average Bonchev–Trinajstić information content (AvgIpc) is 2.35. The van der Waals surface area contributed by atoms with Crippen molar-refractivity contribution in [2.45, 2.75) is 6.42 Å². The Labute approximate surface area is 108 Å². The molecule has 0 aliphatic heterocycles. The van der Waals surface area contributed by atoms with Crippen molar-refractivity contribution in [3.63, 3.8) is 0 Å². The van der Waals surface area contributed by atoms with Crippen LogP contribution in [0.15, 0.2) is 12.0 Å². The topological polar surface area (TPSA) is 72.9 Å². The van der Waals surface area contributed by atoms with Crippen molar-refractivity contribution in [2.24, 2.45) is 0 Å². The van der Waals surface area contributed by atoms with Crippen molar-refractivity contribution in [1.29, 1.82) is 0 Å². The molecule has 7 heteroatoms. The summed E-state index contributed by atoms with van der Waals surface area (Å²) < 4.78 is 31.8. The lowest BCUT2D eigenvalue weighted by molar-refractivity contribution is -0.140. The lowest BCUT2D eigenvalue weighted by Crippen LogP contribution is -2.26. The summed E-state index contributed by atoms with van der Waals surface area (Å²) in [6, 6.07) is 0. The predicted molar refractivity (Wildman–Crippen MR) is 68.9 cm³/mol. The van der Waals surface area contributed by atoms with Crippen LogP contribution in [0.1, 0.15) is 6.42 Å². The molecule has 0 aromatic rings. The third-order valence-corrected chi connectivity index (χ3v) is 3.55. The Bertz CT molecular complexity index is 352. The van der Waals surface area contributed by atoms with Gasteiger partial charge in [0.15, 0.2) is 9.84 Å². The Balaban J connectivity index is 3.54. The number of ether oxygens (including phenoxy) is 2. The molecule has 0 heterocycles. The van der Waals surface area contributed by atoms with Gasteiger partial charge in [-0.3, -0.25) is 4.79 Å². The van der Waals surface area contributed by atoms with Crippen LogP contribution >= 0.6 is 0 Å². The Kier molecular flexibility index (Phi) is 8.61. The Morgan fingerprint density at radius 3 is 2.56 bits per heavy atom. The van der Waals surface area contributed by atoms with Gasteiger partial charge in [0.05, 0.1) is 32.5 Å². The molecule has 106 valence electrons. The number of hydrogen-bond acceptors (Lipinski definition) is 6. The normalized spacial score (nSPS) is 11.5. The van der Waals surface area contributed by atoms with Crippen LogP contribution in [0.2, 0.25) is 0 Å². The molecule has 0 saturated heterocycles. The number of sulfone groups is 1. The van der Waals surface area contributed by atoms with Gasteiger partial charge < -0.3 is 14.4 Å². The van der Waals surface area contributed by atoms with Crippen LogP contribution in [0.3, 0.4) is 0 Å². The molecule has 0 radical (unpaired) electrons. The Morgan fingerprint density at radius 1 is 1.33 bits per heavy atom. The number of carbonyl (C=O) groups excluding carboxylic acids is 1. The predicted octanol–water partition coefficient (Wildman–Crippen LogP) is 0.0562. The van der Waals surface area contributed by atoms with Crippen LogP contribution in [-0.2, 0) is 24.1 Å². The van der Waals surface area contributed by atoms with E-state index in [9.17, 15) is 13.2 Å². The van der Waals surface area contributed by atoms with E-state index in [0.29, 0.717) is 26.1 Å². The summed E-state index contributed by atoms with van der Waals surface area (Å²) in [5.41, 5.74) is 0. The summed E-state index contributed by atoms with van der Waals surface area (Å²) in [5, 5.41) is 0.929. The largest absolute Gasteiger partial charge is 0.469 e. The fraction of sp³-hybridized carbons (Fsp3) is 0.727. The van der Waals surface area contributed by atoms with Gasteiger partial charge in [0.2, 0.25) is 0 Å². The average molecular weight is 279 g/mol. The molecule has 0 bridgehead atoms. The summed E-state index contributed by atoms with van der Waals surface area (Å²) in [5.74, 6) is -0.303. The second kappa shape index (κ2) is 9.07. The molecule has 0 saturated carbocycles. The van der Waals surface area contributed by atoms with Crippen LogP contribution in [0, 0.1) is 0 Å². The van der Waals surface area contributed by atoms with E-state index in [1.807, 2.05) is 11.9 Å². The number of methoxy groups -OCH3 is 1. The number of rotatable bonds is 10. The van der Waals surface area contributed by atoms with Gasteiger partial charge in [0.1, 0.15) is 0 Å². The smallest absolute Gasteiger partial charge is 0.306 e. The van der Waals surface area contributed by atoms with E-state index in [2.05, 4.69) is 11.3 Å². The fourth-order valence-corrected chi connectivity index (χ4v) is 1.59. The van der Waals surface area contributed by atoms with E-state index < -0.39 is 9.84 Å². The van der Waals surface area contributed by atoms with Gasteiger partial charge in [0, 0.05) is 18.5 Å². The monoisotopic (exact) mass is 279 g/mol. The van der Waals surface area contributed by atoms with Gasteiger partial charge >= 0.3 is 5.97 Å². The zero-order valence-corrected chi connectivity index (χ0v) is 11.7. The van der Waals surface area contributed by atoms with Crippen LogP contribution in [0.4, 0.5) is 0 Å². The molecule has 0 aliphatic rings. The number of carbonyl (C=O) groups is 1. The Hall–Kier alpha value is -0.920. The molecule has 0 aliphatic carbocycles. The maximum atomic E-state index is 11.0. The van der Waals surface area contributed by atoms with Crippen LogP contribution in [0.5, 0.6) is 0 Å². The first kappa shape index (κ1) is 17.1. The summed E-state index contributed by atoms with van der Waals surface area (Å²) in [4.78, 5) is 12.8. The second-order valence-corrected chi connectivity index (χ2v) is 5.84. The first-order chi connectivity index (χ1) is 8.41. The minimum atomic E-state index is -3.18. The fourth-order valence-electron chi connectivity index (χ4n) is 1.08. The molecule has 6 nitrogen and oxygen atoms in total. The van der Waals surface area contributed by atoms with Crippen molar-refractivity contribution >= 4 is 15.8 Å². The third kappa shape index (κ3) is 9.15.